The summed E-state index contributed by atoms with van der Waals surface area (Å²) in [5, 5.41) is 3.74. The molecular weight excluding hydrogens is 348 g/mol. The van der Waals surface area contributed by atoms with Crippen LogP contribution in [-0.4, -0.2) is 60.9 Å². The average Bonchev–Trinajstić information content (AvgIpc) is 2.51. The normalized spacial score (nSPS) is 20.0. The van der Waals surface area contributed by atoms with E-state index < -0.39 is 14.6 Å². The number of halogens is 1. The topological polar surface area (TPSA) is 74.7 Å². The summed E-state index contributed by atoms with van der Waals surface area (Å²) < 4.78 is 23.5. The largest absolute Gasteiger partial charge is 0.357 e. The van der Waals surface area contributed by atoms with E-state index in [4.69, 9.17) is 11.6 Å². The zero-order valence-corrected chi connectivity index (χ0v) is 16.0. The average molecular weight is 373 g/mol. The Balaban J connectivity index is 2.04. The Labute approximate surface area is 149 Å². The van der Waals surface area contributed by atoms with Crippen molar-refractivity contribution in [3.8, 4) is 0 Å². The lowest BCUT2D eigenvalue weighted by molar-refractivity contribution is 0.353. The molecule has 1 fully saturated rings. The van der Waals surface area contributed by atoms with Crippen molar-refractivity contribution >= 4 is 27.4 Å². The van der Waals surface area contributed by atoms with Crippen LogP contribution in [0.2, 0.25) is 5.15 Å². The first-order chi connectivity index (χ1) is 11.2. The van der Waals surface area contributed by atoms with Crippen LogP contribution in [0.1, 0.15) is 26.3 Å². The van der Waals surface area contributed by atoms with Crippen LogP contribution in [0.25, 0.3) is 0 Å². The van der Waals surface area contributed by atoms with Crippen LogP contribution in [-0.2, 0) is 16.3 Å². The van der Waals surface area contributed by atoms with Gasteiger partial charge in [0.15, 0.2) is 15.8 Å². The van der Waals surface area contributed by atoms with E-state index in [1.807, 2.05) is 17.9 Å². The summed E-state index contributed by atoms with van der Waals surface area (Å²) in [6.45, 7) is 7.82. The van der Waals surface area contributed by atoms with Gasteiger partial charge < -0.3 is 10.2 Å². The number of nitrogens with zero attached hydrogens (tertiary/aromatic N) is 3. The third kappa shape index (κ3) is 4.60. The van der Waals surface area contributed by atoms with Crippen molar-refractivity contribution in [3.05, 3.63) is 29.0 Å². The highest BCUT2D eigenvalue weighted by Crippen LogP contribution is 2.23. The number of aliphatic imine (C=N–C) groups is 1. The first kappa shape index (κ1) is 19.0. The van der Waals surface area contributed by atoms with Crippen LogP contribution in [0.5, 0.6) is 0 Å². The Kier molecular flexibility index (Phi) is 6.09. The second-order valence-corrected chi connectivity index (χ2v) is 9.61. The Hall–Kier alpha value is -1.34. The van der Waals surface area contributed by atoms with Gasteiger partial charge in [-0.25, -0.2) is 13.4 Å². The monoisotopic (exact) mass is 372 g/mol. The first-order valence-corrected chi connectivity index (χ1v) is 10.1. The number of nitrogens with one attached hydrogen (secondary N) is 1. The lowest BCUT2D eigenvalue weighted by Gasteiger charge is -2.39. The Bertz CT molecular complexity index is 687. The first-order valence-electron chi connectivity index (χ1n) is 8.11. The zero-order valence-electron chi connectivity index (χ0n) is 14.4. The summed E-state index contributed by atoms with van der Waals surface area (Å²) >= 11 is 5.78. The molecule has 0 spiro atoms. The standard InChI is InChI=1S/C16H25ClN4O2S/c1-4-18-15(19-8-7-13-5-6-14(17)20-11-13)21-9-10-24(22,23)16(2,3)12-21/h5-6,11H,4,7-10,12H2,1-3H3,(H,18,19). The minimum absolute atomic E-state index is 0.158. The third-order valence-corrected chi connectivity index (χ3v) is 6.89. The predicted octanol–water partition coefficient (Wildman–Crippen LogP) is 1.75. The van der Waals surface area contributed by atoms with Gasteiger partial charge in [0.25, 0.3) is 0 Å². The second-order valence-electron chi connectivity index (χ2n) is 6.47. The molecule has 0 unspecified atom stereocenters. The SMILES string of the molecule is CCNC(=NCCc1ccc(Cl)nc1)N1CCS(=O)(=O)C(C)(C)C1. The molecule has 2 rings (SSSR count). The van der Waals surface area contributed by atoms with E-state index in [2.05, 4.69) is 15.3 Å². The van der Waals surface area contributed by atoms with Gasteiger partial charge in [-0.3, -0.25) is 4.99 Å². The van der Waals surface area contributed by atoms with Crippen LogP contribution >= 0.6 is 11.6 Å². The number of pyridine rings is 1. The van der Waals surface area contributed by atoms with Gasteiger partial charge >= 0.3 is 0 Å². The fourth-order valence-electron chi connectivity index (χ4n) is 2.60. The molecule has 24 heavy (non-hydrogen) atoms. The molecule has 0 radical (unpaired) electrons. The molecule has 0 amide bonds. The maximum Gasteiger partial charge on any atom is 0.194 e. The lowest BCUT2D eigenvalue weighted by atomic mass is 10.2. The fraction of sp³-hybridized carbons (Fsp3) is 0.625. The predicted molar refractivity (Wildman–Crippen MR) is 98.4 cm³/mol. The molecule has 1 aromatic rings. The van der Waals surface area contributed by atoms with E-state index in [1.165, 1.54) is 0 Å². The van der Waals surface area contributed by atoms with Crippen molar-refractivity contribution in [3.63, 3.8) is 0 Å². The van der Waals surface area contributed by atoms with Crippen molar-refractivity contribution in [1.82, 2.24) is 15.2 Å². The van der Waals surface area contributed by atoms with Crippen LogP contribution in [0.15, 0.2) is 23.3 Å². The van der Waals surface area contributed by atoms with Gasteiger partial charge in [-0.15, -0.1) is 0 Å². The van der Waals surface area contributed by atoms with Crippen LogP contribution in [0.3, 0.4) is 0 Å². The number of hydrogen-bond acceptors (Lipinski definition) is 4. The molecule has 0 aliphatic carbocycles. The Morgan fingerprint density at radius 1 is 1.46 bits per heavy atom. The molecule has 6 nitrogen and oxygen atoms in total. The quantitative estimate of drug-likeness (QED) is 0.495. The molecule has 1 aromatic heterocycles. The summed E-state index contributed by atoms with van der Waals surface area (Å²) in [4.78, 5) is 10.7. The molecule has 0 bridgehead atoms. The third-order valence-electron chi connectivity index (χ3n) is 4.13. The summed E-state index contributed by atoms with van der Waals surface area (Å²) in [6.07, 6.45) is 2.51. The minimum Gasteiger partial charge on any atom is -0.357 e. The van der Waals surface area contributed by atoms with E-state index in [-0.39, 0.29) is 5.75 Å². The van der Waals surface area contributed by atoms with E-state index in [9.17, 15) is 8.42 Å². The molecule has 0 saturated carbocycles. The van der Waals surface area contributed by atoms with Crippen molar-refractivity contribution in [2.24, 2.45) is 4.99 Å². The molecule has 1 aliphatic rings. The van der Waals surface area contributed by atoms with E-state index in [0.717, 1.165) is 24.5 Å². The van der Waals surface area contributed by atoms with Gasteiger partial charge in [0, 0.05) is 32.4 Å². The molecule has 134 valence electrons. The molecule has 1 N–H and O–H groups in total. The molecule has 0 aromatic carbocycles. The lowest BCUT2D eigenvalue weighted by Crippen LogP contribution is -2.57. The molecule has 0 atom stereocenters. The molecule has 8 heteroatoms. The van der Waals surface area contributed by atoms with Gasteiger partial charge in [-0.1, -0.05) is 17.7 Å². The molecule has 2 heterocycles. The van der Waals surface area contributed by atoms with Crippen molar-refractivity contribution in [2.75, 3.05) is 31.9 Å². The molecule has 1 saturated heterocycles. The van der Waals surface area contributed by atoms with Crippen LogP contribution in [0, 0.1) is 0 Å². The maximum atomic E-state index is 12.2. The van der Waals surface area contributed by atoms with Crippen LogP contribution in [0.4, 0.5) is 0 Å². The van der Waals surface area contributed by atoms with E-state index in [1.54, 1.807) is 26.1 Å². The fourth-order valence-corrected chi connectivity index (χ4v) is 4.07. The number of sulfone groups is 1. The summed E-state index contributed by atoms with van der Waals surface area (Å²) in [5.74, 6) is 0.924. The molecular formula is C16H25ClN4O2S. The second kappa shape index (κ2) is 7.70. The van der Waals surface area contributed by atoms with Crippen molar-refractivity contribution < 1.29 is 8.42 Å². The number of hydrogen-bond donors (Lipinski definition) is 1. The number of aromatic nitrogens is 1. The smallest absolute Gasteiger partial charge is 0.194 e. The summed E-state index contributed by atoms with van der Waals surface area (Å²) in [6, 6.07) is 3.71. The maximum absolute atomic E-state index is 12.2. The highest BCUT2D eigenvalue weighted by molar-refractivity contribution is 7.92. The Morgan fingerprint density at radius 2 is 2.21 bits per heavy atom. The Morgan fingerprint density at radius 3 is 2.79 bits per heavy atom. The number of guanidine groups is 1. The molecule has 1 aliphatic heterocycles. The van der Waals surface area contributed by atoms with Crippen molar-refractivity contribution in [2.45, 2.75) is 31.9 Å². The van der Waals surface area contributed by atoms with Gasteiger partial charge in [-0.05, 0) is 38.8 Å². The van der Waals surface area contributed by atoms with Crippen molar-refractivity contribution in [1.29, 1.82) is 0 Å². The highest BCUT2D eigenvalue weighted by atomic mass is 35.5. The van der Waals surface area contributed by atoms with E-state index >= 15 is 0 Å². The minimum atomic E-state index is -3.06. The van der Waals surface area contributed by atoms with Gasteiger partial charge in [0.2, 0.25) is 0 Å². The summed E-state index contributed by atoms with van der Waals surface area (Å²) in [7, 11) is -3.06. The number of rotatable bonds is 4. The zero-order chi connectivity index (χ0) is 17.8. The van der Waals surface area contributed by atoms with E-state index in [0.29, 0.717) is 24.8 Å². The van der Waals surface area contributed by atoms with Gasteiger partial charge in [-0.2, -0.15) is 0 Å². The summed E-state index contributed by atoms with van der Waals surface area (Å²) in [5.41, 5.74) is 1.07. The highest BCUT2D eigenvalue weighted by Gasteiger charge is 2.40. The van der Waals surface area contributed by atoms with Crippen LogP contribution < -0.4 is 5.32 Å². The van der Waals surface area contributed by atoms with Gasteiger partial charge in [0.1, 0.15) is 5.15 Å². The van der Waals surface area contributed by atoms with Gasteiger partial charge in [0.05, 0.1) is 10.5 Å².